The van der Waals surface area contributed by atoms with E-state index in [0.29, 0.717) is 5.56 Å². The van der Waals surface area contributed by atoms with Gasteiger partial charge in [-0.05, 0) is 48.1 Å². The molecule has 1 atom stereocenters. The smallest absolute Gasteiger partial charge is 0.270 e. The van der Waals surface area contributed by atoms with E-state index in [1.807, 2.05) is 18.2 Å². The number of carbonyl (C=O) groups is 1. The van der Waals surface area contributed by atoms with Crippen LogP contribution in [0.3, 0.4) is 0 Å². The first-order valence-electron chi connectivity index (χ1n) is 8.04. The Morgan fingerprint density at radius 2 is 2.12 bits per heavy atom. The van der Waals surface area contributed by atoms with Crippen molar-refractivity contribution in [2.45, 2.75) is 31.7 Å². The normalized spacial score (nSPS) is 16.1. The standard InChI is InChI=1S/C18H18ClN3O3/c19-16-10-14(22(24)25)6-4-12(16)9-18(23)21-17-3-1-2-11-8-13(20)5-7-15(11)17/h4-8,10,17H,1-3,9,20H2,(H,21,23). The van der Waals surface area contributed by atoms with Gasteiger partial charge in [-0.3, -0.25) is 14.9 Å². The van der Waals surface area contributed by atoms with Crippen LogP contribution < -0.4 is 11.1 Å². The molecule has 6 nitrogen and oxygen atoms in total. The maximum absolute atomic E-state index is 12.4. The summed E-state index contributed by atoms with van der Waals surface area (Å²) in [5, 5.41) is 14.0. The van der Waals surface area contributed by atoms with Gasteiger partial charge >= 0.3 is 0 Å². The molecule has 1 unspecified atom stereocenters. The third-order valence-corrected chi connectivity index (χ3v) is 4.77. The molecule has 130 valence electrons. The number of fused-ring (bicyclic) bond motifs is 1. The van der Waals surface area contributed by atoms with Crippen molar-refractivity contribution in [2.24, 2.45) is 0 Å². The fraction of sp³-hybridized carbons (Fsp3) is 0.278. The lowest BCUT2D eigenvalue weighted by molar-refractivity contribution is -0.384. The Morgan fingerprint density at radius 3 is 2.84 bits per heavy atom. The molecule has 0 fully saturated rings. The number of nitrogen functional groups attached to an aromatic ring is 1. The van der Waals surface area contributed by atoms with E-state index in [-0.39, 0.29) is 29.1 Å². The van der Waals surface area contributed by atoms with Crippen LogP contribution in [0.15, 0.2) is 36.4 Å². The first kappa shape index (κ1) is 17.2. The van der Waals surface area contributed by atoms with E-state index in [1.54, 1.807) is 0 Å². The van der Waals surface area contributed by atoms with Gasteiger partial charge in [0.05, 0.1) is 22.4 Å². The second kappa shape index (κ2) is 7.11. The number of carbonyl (C=O) groups excluding carboxylic acids is 1. The zero-order valence-electron chi connectivity index (χ0n) is 13.5. The van der Waals surface area contributed by atoms with E-state index in [2.05, 4.69) is 5.32 Å². The summed E-state index contributed by atoms with van der Waals surface area (Å²) in [5.41, 5.74) is 9.31. The molecule has 0 radical (unpaired) electrons. The van der Waals surface area contributed by atoms with Gasteiger partial charge in [-0.25, -0.2) is 0 Å². The summed E-state index contributed by atoms with van der Waals surface area (Å²) in [7, 11) is 0. The number of nitrogens with two attached hydrogens (primary N) is 1. The van der Waals surface area contributed by atoms with Crippen molar-refractivity contribution < 1.29 is 9.72 Å². The number of nitrogens with one attached hydrogen (secondary N) is 1. The Labute approximate surface area is 150 Å². The van der Waals surface area contributed by atoms with E-state index < -0.39 is 4.92 Å². The predicted octanol–water partition coefficient (Wildman–Crippen LogP) is 3.57. The molecular weight excluding hydrogens is 342 g/mol. The number of aryl methyl sites for hydroxylation is 1. The largest absolute Gasteiger partial charge is 0.399 e. The summed E-state index contributed by atoms with van der Waals surface area (Å²) in [6, 6.07) is 9.87. The number of non-ortho nitro benzene ring substituents is 1. The van der Waals surface area contributed by atoms with Gasteiger partial charge < -0.3 is 11.1 Å². The summed E-state index contributed by atoms with van der Waals surface area (Å²) in [6.07, 6.45) is 2.90. The van der Waals surface area contributed by atoms with Crippen LogP contribution in [0.2, 0.25) is 5.02 Å². The van der Waals surface area contributed by atoms with Gasteiger partial charge in [0.25, 0.3) is 5.69 Å². The Bertz CT molecular complexity index is 838. The number of nitro groups is 1. The highest BCUT2D eigenvalue weighted by atomic mass is 35.5. The van der Waals surface area contributed by atoms with Crippen LogP contribution >= 0.6 is 11.6 Å². The van der Waals surface area contributed by atoms with Crippen LogP contribution in [-0.2, 0) is 17.6 Å². The van der Waals surface area contributed by atoms with Crippen LogP contribution in [0, 0.1) is 10.1 Å². The second-order valence-corrected chi connectivity index (χ2v) is 6.59. The summed E-state index contributed by atoms with van der Waals surface area (Å²) in [6.45, 7) is 0. The number of halogens is 1. The molecular formula is C18H18ClN3O3. The lowest BCUT2D eigenvalue weighted by Crippen LogP contribution is -2.32. The number of amides is 1. The molecule has 1 aliphatic rings. The van der Waals surface area contributed by atoms with Crippen molar-refractivity contribution in [3.05, 3.63) is 68.2 Å². The van der Waals surface area contributed by atoms with Crippen molar-refractivity contribution in [1.29, 1.82) is 0 Å². The van der Waals surface area contributed by atoms with Gasteiger partial charge in [0.2, 0.25) is 5.91 Å². The molecule has 2 aromatic rings. The number of anilines is 1. The SMILES string of the molecule is Nc1ccc2c(c1)CCCC2NC(=O)Cc1ccc([N+](=O)[O-])cc1Cl. The van der Waals surface area contributed by atoms with Crippen molar-refractivity contribution in [3.8, 4) is 0 Å². The van der Waals surface area contributed by atoms with Gasteiger partial charge in [0.1, 0.15) is 0 Å². The minimum Gasteiger partial charge on any atom is -0.399 e. The molecule has 3 rings (SSSR count). The average Bonchev–Trinajstić information content (AvgIpc) is 2.56. The topological polar surface area (TPSA) is 98.3 Å². The Hall–Kier alpha value is -2.60. The number of hydrogen-bond donors (Lipinski definition) is 2. The number of nitrogens with zero attached hydrogens (tertiary/aromatic N) is 1. The summed E-state index contributed by atoms with van der Waals surface area (Å²) in [5.74, 6) is -0.162. The maximum atomic E-state index is 12.4. The van der Waals surface area contributed by atoms with Crippen LogP contribution in [0.25, 0.3) is 0 Å². The summed E-state index contributed by atoms with van der Waals surface area (Å²) in [4.78, 5) is 22.6. The summed E-state index contributed by atoms with van der Waals surface area (Å²) < 4.78 is 0. The number of nitro benzene ring substituents is 1. The van der Waals surface area contributed by atoms with Gasteiger partial charge in [-0.1, -0.05) is 23.7 Å². The molecule has 0 saturated carbocycles. The molecule has 0 saturated heterocycles. The highest BCUT2D eigenvalue weighted by Crippen LogP contribution is 2.31. The fourth-order valence-corrected chi connectivity index (χ4v) is 3.44. The quantitative estimate of drug-likeness (QED) is 0.495. The third kappa shape index (κ3) is 3.91. The molecule has 0 spiro atoms. The van der Waals surface area contributed by atoms with E-state index in [9.17, 15) is 14.9 Å². The van der Waals surface area contributed by atoms with Crippen molar-refractivity contribution >= 4 is 28.9 Å². The molecule has 1 aliphatic carbocycles. The van der Waals surface area contributed by atoms with E-state index >= 15 is 0 Å². The molecule has 7 heteroatoms. The van der Waals surface area contributed by atoms with Gasteiger partial charge in [-0.15, -0.1) is 0 Å². The monoisotopic (exact) mass is 359 g/mol. The average molecular weight is 360 g/mol. The van der Waals surface area contributed by atoms with Crippen LogP contribution in [0.1, 0.15) is 35.6 Å². The zero-order valence-corrected chi connectivity index (χ0v) is 14.3. The summed E-state index contributed by atoms with van der Waals surface area (Å²) >= 11 is 6.06. The minimum absolute atomic E-state index is 0.0475. The van der Waals surface area contributed by atoms with Crippen LogP contribution in [0.4, 0.5) is 11.4 Å². The van der Waals surface area contributed by atoms with E-state index in [0.717, 1.165) is 30.5 Å². The van der Waals surface area contributed by atoms with Gasteiger partial charge in [0.15, 0.2) is 0 Å². The molecule has 2 aromatic carbocycles. The predicted molar refractivity (Wildman–Crippen MR) is 96.5 cm³/mol. The van der Waals surface area contributed by atoms with Gasteiger partial charge in [0, 0.05) is 17.8 Å². The number of benzene rings is 2. The van der Waals surface area contributed by atoms with Crippen molar-refractivity contribution in [1.82, 2.24) is 5.32 Å². The fourth-order valence-electron chi connectivity index (χ4n) is 3.20. The second-order valence-electron chi connectivity index (χ2n) is 6.18. The third-order valence-electron chi connectivity index (χ3n) is 4.42. The first-order chi connectivity index (χ1) is 11.9. The molecule has 25 heavy (non-hydrogen) atoms. The van der Waals surface area contributed by atoms with Crippen molar-refractivity contribution in [3.63, 3.8) is 0 Å². The maximum Gasteiger partial charge on any atom is 0.270 e. The van der Waals surface area contributed by atoms with E-state index in [1.165, 1.54) is 23.8 Å². The zero-order chi connectivity index (χ0) is 18.0. The van der Waals surface area contributed by atoms with Gasteiger partial charge in [-0.2, -0.15) is 0 Å². The number of rotatable bonds is 4. The lowest BCUT2D eigenvalue weighted by Gasteiger charge is -2.26. The lowest BCUT2D eigenvalue weighted by atomic mass is 9.87. The molecule has 0 aromatic heterocycles. The van der Waals surface area contributed by atoms with Crippen LogP contribution in [-0.4, -0.2) is 10.8 Å². The highest BCUT2D eigenvalue weighted by molar-refractivity contribution is 6.31. The Kier molecular flexibility index (Phi) is 4.90. The molecule has 0 bridgehead atoms. The Balaban J connectivity index is 1.71. The number of hydrogen-bond acceptors (Lipinski definition) is 4. The highest BCUT2D eigenvalue weighted by Gasteiger charge is 2.22. The molecule has 0 aliphatic heterocycles. The van der Waals surface area contributed by atoms with Crippen LogP contribution in [0.5, 0.6) is 0 Å². The molecule has 1 amide bonds. The van der Waals surface area contributed by atoms with E-state index in [4.69, 9.17) is 17.3 Å². The minimum atomic E-state index is -0.513. The molecule has 0 heterocycles. The van der Waals surface area contributed by atoms with Crippen molar-refractivity contribution in [2.75, 3.05) is 5.73 Å². The Morgan fingerprint density at radius 1 is 1.32 bits per heavy atom. The molecule has 3 N–H and O–H groups in total. The first-order valence-corrected chi connectivity index (χ1v) is 8.42.